The average molecular weight is 581 g/mol. The summed E-state index contributed by atoms with van der Waals surface area (Å²) in [7, 11) is 1.50. The number of aromatic nitrogens is 3. The number of carbonyl (C=O) groups is 2. The van der Waals surface area contributed by atoms with Crippen molar-refractivity contribution >= 4 is 17.5 Å². The van der Waals surface area contributed by atoms with Crippen molar-refractivity contribution in [2.45, 2.75) is 26.1 Å². The Hall–Kier alpha value is -4.45. The molecule has 1 aliphatic heterocycles. The molecular weight excluding hydrogens is 549 g/mol. The molecule has 0 saturated carbocycles. The highest BCUT2D eigenvalue weighted by Crippen LogP contribution is 2.37. The van der Waals surface area contributed by atoms with Crippen LogP contribution in [-0.2, 0) is 11.0 Å². The Kier molecular flexibility index (Phi) is 8.17. The third kappa shape index (κ3) is 5.80. The zero-order valence-corrected chi connectivity index (χ0v) is 23.5. The number of nitrogens with zero attached hydrogens (tertiary/aromatic N) is 5. The number of ether oxygens (including phenoxy) is 1. The van der Waals surface area contributed by atoms with Crippen LogP contribution in [0.4, 0.5) is 13.2 Å². The summed E-state index contributed by atoms with van der Waals surface area (Å²) in [6, 6.07) is 16.2. The van der Waals surface area contributed by atoms with Gasteiger partial charge in [0.05, 0.1) is 25.0 Å². The van der Waals surface area contributed by atoms with Gasteiger partial charge in [0.25, 0.3) is 5.91 Å². The number of methoxy groups -OCH3 is 1. The number of rotatable bonds is 7. The molecule has 1 fully saturated rings. The highest BCUT2D eigenvalue weighted by molar-refractivity contribution is 6.00. The third-order valence-corrected chi connectivity index (χ3v) is 7.52. The number of carbonyl (C=O) groups excluding carboxylic acids is 2. The lowest BCUT2D eigenvalue weighted by atomic mass is 10.0. The fourth-order valence-corrected chi connectivity index (χ4v) is 5.37. The molecule has 0 bridgehead atoms. The number of hydrogen-bond donors (Lipinski definition) is 1. The Labute approximate surface area is 240 Å². The maximum atomic E-state index is 14.3. The van der Waals surface area contributed by atoms with Crippen LogP contribution in [0.2, 0.25) is 0 Å². The molecule has 0 spiro atoms. The molecule has 3 heterocycles. The van der Waals surface area contributed by atoms with Gasteiger partial charge in [-0.3, -0.25) is 14.5 Å². The second kappa shape index (κ2) is 11.8. The maximum absolute atomic E-state index is 14.3. The summed E-state index contributed by atoms with van der Waals surface area (Å²) >= 11 is 0. The minimum atomic E-state index is -4.73. The number of alkyl halides is 3. The van der Waals surface area contributed by atoms with E-state index in [1.54, 1.807) is 29.2 Å². The monoisotopic (exact) mass is 580 g/mol. The molecule has 1 atom stereocenters. The standard InChI is InChI=1S/C30H31F3N6O3/c1-19-26(22-9-11-23(42-3)12-10-22)36-28-24(17-35-39(28)27(19)30(31,32)33)29(41)38-15-13-37(14-16-38)25(18-34-20(2)40)21-7-5-4-6-8-21/h4-12,17,25H,13-16,18H2,1-3H3,(H,34,40)/t25-/m1/s1. The predicted molar refractivity (Wildman–Crippen MR) is 150 cm³/mol. The van der Waals surface area contributed by atoms with Gasteiger partial charge in [0.2, 0.25) is 5.91 Å². The van der Waals surface area contributed by atoms with E-state index < -0.39 is 17.8 Å². The Bertz CT molecular complexity index is 1580. The molecule has 12 heteroatoms. The fraction of sp³-hybridized carbons (Fsp3) is 0.333. The molecule has 2 aromatic carbocycles. The van der Waals surface area contributed by atoms with Crippen LogP contribution in [0.5, 0.6) is 5.75 Å². The van der Waals surface area contributed by atoms with Gasteiger partial charge in [-0.1, -0.05) is 30.3 Å². The van der Waals surface area contributed by atoms with E-state index in [9.17, 15) is 22.8 Å². The van der Waals surface area contributed by atoms with Crippen molar-refractivity contribution < 1.29 is 27.5 Å². The molecule has 0 aliphatic carbocycles. The first-order valence-corrected chi connectivity index (χ1v) is 13.5. The van der Waals surface area contributed by atoms with Gasteiger partial charge in [0, 0.05) is 50.8 Å². The average Bonchev–Trinajstić information content (AvgIpc) is 3.39. The minimum absolute atomic E-state index is 0.00145. The zero-order valence-electron chi connectivity index (χ0n) is 23.5. The molecular formula is C30H31F3N6O3. The third-order valence-electron chi connectivity index (χ3n) is 7.52. The normalized spacial score (nSPS) is 15.0. The molecule has 5 rings (SSSR count). The van der Waals surface area contributed by atoms with Gasteiger partial charge in [-0.2, -0.15) is 18.3 Å². The first kappa shape index (κ1) is 29.1. The number of piperazine rings is 1. The van der Waals surface area contributed by atoms with Crippen molar-refractivity contribution in [3.8, 4) is 17.0 Å². The highest BCUT2D eigenvalue weighted by atomic mass is 19.4. The summed E-state index contributed by atoms with van der Waals surface area (Å²) in [6.07, 6.45) is -3.57. The van der Waals surface area contributed by atoms with E-state index in [0.29, 0.717) is 48.6 Å². The molecule has 4 aromatic rings. The van der Waals surface area contributed by atoms with E-state index in [1.807, 2.05) is 30.3 Å². The minimum Gasteiger partial charge on any atom is -0.497 e. The Balaban J connectivity index is 1.44. The Morgan fingerprint density at radius 3 is 2.29 bits per heavy atom. The molecule has 2 amide bonds. The van der Waals surface area contributed by atoms with Gasteiger partial charge in [0.15, 0.2) is 11.3 Å². The number of halogens is 3. The Morgan fingerprint density at radius 2 is 1.69 bits per heavy atom. The molecule has 42 heavy (non-hydrogen) atoms. The van der Waals surface area contributed by atoms with Crippen LogP contribution in [0.3, 0.4) is 0 Å². The number of benzene rings is 2. The fourth-order valence-electron chi connectivity index (χ4n) is 5.37. The second-order valence-electron chi connectivity index (χ2n) is 10.1. The van der Waals surface area contributed by atoms with E-state index in [-0.39, 0.29) is 34.4 Å². The summed E-state index contributed by atoms with van der Waals surface area (Å²) in [5, 5.41) is 6.85. The van der Waals surface area contributed by atoms with Crippen molar-refractivity contribution in [3.05, 3.63) is 83.2 Å². The van der Waals surface area contributed by atoms with Crippen molar-refractivity contribution in [3.63, 3.8) is 0 Å². The van der Waals surface area contributed by atoms with Crippen LogP contribution >= 0.6 is 0 Å². The number of hydrogen-bond acceptors (Lipinski definition) is 6. The van der Waals surface area contributed by atoms with Crippen molar-refractivity contribution in [1.82, 2.24) is 29.7 Å². The van der Waals surface area contributed by atoms with Crippen LogP contribution in [0.15, 0.2) is 60.8 Å². The van der Waals surface area contributed by atoms with Crippen molar-refractivity contribution in [1.29, 1.82) is 0 Å². The van der Waals surface area contributed by atoms with E-state index in [0.717, 1.165) is 11.8 Å². The van der Waals surface area contributed by atoms with Crippen LogP contribution in [-0.4, -0.2) is 76.0 Å². The first-order chi connectivity index (χ1) is 20.1. The molecule has 220 valence electrons. The lowest BCUT2D eigenvalue weighted by Crippen LogP contribution is -2.51. The van der Waals surface area contributed by atoms with Crippen LogP contribution in [0, 0.1) is 6.92 Å². The lowest BCUT2D eigenvalue weighted by molar-refractivity contribution is -0.143. The summed E-state index contributed by atoms with van der Waals surface area (Å²) in [5.41, 5.74) is 0.383. The smallest absolute Gasteiger partial charge is 0.433 e. The quantitative estimate of drug-likeness (QED) is 0.349. The number of fused-ring (bicyclic) bond motifs is 1. The Morgan fingerprint density at radius 1 is 1.02 bits per heavy atom. The summed E-state index contributed by atoms with van der Waals surface area (Å²) in [5.74, 6) is -0.0137. The van der Waals surface area contributed by atoms with Gasteiger partial charge in [-0.15, -0.1) is 0 Å². The molecule has 0 radical (unpaired) electrons. The molecule has 0 unspecified atom stereocenters. The van der Waals surface area contributed by atoms with Crippen LogP contribution < -0.4 is 10.1 Å². The first-order valence-electron chi connectivity index (χ1n) is 13.5. The molecule has 2 aromatic heterocycles. The molecule has 1 aliphatic rings. The highest BCUT2D eigenvalue weighted by Gasteiger charge is 2.39. The van der Waals surface area contributed by atoms with Gasteiger partial charge in [-0.25, -0.2) is 9.50 Å². The lowest BCUT2D eigenvalue weighted by Gasteiger charge is -2.39. The van der Waals surface area contributed by atoms with Gasteiger partial charge in [-0.05, 0) is 36.8 Å². The predicted octanol–water partition coefficient (Wildman–Crippen LogP) is 4.37. The summed E-state index contributed by atoms with van der Waals surface area (Å²) in [4.78, 5) is 33.6. The maximum Gasteiger partial charge on any atom is 0.433 e. The SMILES string of the molecule is COc1ccc(-c2nc3c(C(=O)N4CCN([C@H](CNC(C)=O)c5ccccc5)CC4)cnn3c(C(F)(F)F)c2C)cc1. The van der Waals surface area contributed by atoms with Crippen LogP contribution in [0.25, 0.3) is 16.9 Å². The number of amides is 2. The number of nitrogens with one attached hydrogen (secondary N) is 1. The van der Waals surface area contributed by atoms with Crippen LogP contribution in [0.1, 0.15) is 40.1 Å². The van der Waals surface area contributed by atoms with E-state index in [1.165, 1.54) is 21.0 Å². The summed E-state index contributed by atoms with van der Waals surface area (Å²) in [6.45, 7) is 4.96. The molecule has 1 N–H and O–H groups in total. The zero-order chi connectivity index (χ0) is 30.0. The van der Waals surface area contributed by atoms with Gasteiger partial charge >= 0.3 is 6.18 Å². The summed E-state index contributed by atoms with van der Waals surface area (Å²) < 4.78 is 48.8. The van der Waals surface area contributed by atoms with Crippen molar-refractivity contribution in [2.75, 3.05) is 39.8 Å². The van der Waals surface area contributed by atoms with Crippen molar-refractivity contribution in [2.24, 2.45) is 0 Å². The molecule has 1 saturated heterocycles. The van der Waals surface area contributed by atoms with Gasteiger partial charge < -0.3 is 15.0 Å². The van der Waals surface area contributed by atoms with Gasteiger partial charge in [0.1, 0.15) is 11.3 Å². The molecule has 9 nitrogen and oxygen atoms in total. The van der Waals surface area contributed by atoms with E-state index in [4.69, 9.17) is 4.74 Å². The second-order valence-corrected chi connectivity index (χ2v) is 10.1. The topological polar surface area (TPSA) is 92.1 Å². The largest absolute Gasteiger partial charge is 0.497 e. The van der Waals surface area contributed by atoms with E-state index in [2.05, 4.69) is 20.3 Å². The van der Waals surface area contributed by atoms with E-state index >= 15 is 0 Å².